The van der Waals surface area contributed by atoms with E-state index in [1.54, 1.807) is 20.4 Å². The van der Waals surface area contributed by atoms with E-state index in [4.69, 9.17) is 21.7 Å². The monoisotopic (exact) mass is 296 g/mol. The predicted molar refractivity (Wildman–Crippen MR) is 79.6 cm³/mol. The van der Waals surface area contributed by atoms with Gasteiger partial charge in [0.1, 0.15) is 11.3 Å². The first-order valence-electron chi connectivity index (χ1n) is 6.57. The van der Waals surface area contributed by atoms with Crippen molar-refractivity contribution < 1.29 is 9.47 Å². The van der Waals surface area contributed by atoms with Crippen LogP contribution in [0.25, 0.3) is 0 Å². The minimum absolute atomic E-state index is 0.616. The Balaban J connectivity index is 2.29. The highest BCUT2D eigenvalue weighted by Gasteiger charge is 2.40. The lowest BCUT2D eigenvalue weighted by Crippen LogP contribution is -2.53. The van der Waals surface area contributed by atoms with Gasteiger partial charge in [0.05, 0.1) is 18.9 Å². The molecule has 0 saturated carbocycles. The summed E-state index contributed by atoms with van der Waals surface area (Å²) >= 11 is 5.48. The van der Waals surface area contributed by atoms with Gasteiger partial charge in [-0.15, -0.1) is 0 Å². The zero-order valence-electron chi connectivity index (χ0n) is 11.8. The summed E-state index contributed by atoms with van der Waals surface area (Å²) < 4.78 is 11.2. The average Bonchev–Trinajstić information content (AvgIpc) is 2.53. The molecule has 0 amide bonds. The maximum Gasteiger partial charge on any atom is 0.172 e. The second kappa shape index (κ2) is 7.03. The van der Waals surface area contributed by atoms with Crippen molar-refractivity contribution in [1.82, 2.24) is 20.2 Å². The van der Waals surface area contributed by atoms with Gasteiger partial charge in [0.25, 0.3) is 0 Å². The van der Waals surface area contributed by atoms with Crippen LogP contribution >= 0.6 is 12.2 Å². The molecule has 0 aromatic carbocycles. The molecule has 1 saturated heterocycles. The summed E-state index contributed by atoms with van der Waals surface area (Å²) in [5.74, 6) is 0. The molecule has 1 unspecified atom stereocenters. The van der Waals surface area contributed by atoms with Gasteiger partial charge in [-0.05, 0) is 6.07 Å². The van der Waals surface area contributed by atoms with Gasteiger partial charge in [-0.1, -0.05) is 12.2 Å². The summed E-state index contributed by atoms with van der Waals surface area (Å²) in [4.78, 5) is 11.2. The Hall–Kier alpha value is -1.15. The lowest BCUT2D eigenvalue weighted by Gasteiger charge is -2.38. The van der Waals surface area contributed by atoms with Crippen LogP contribution in [0.1, 0.15) is 5.69 Å². The molecule has 1 atom stereocenters. The fourth-order valence-corrected chi connectivity index (χ4v) is 2.59. The average molecular weight is 296 g/mol. The third kappa shape index (κ3) is 3.12. The number of aromatic nitrogens is 2. The van der Waals surface area contributed by atoms with E-state index in [-0.39, 0.29) is 0 Å². The number of likely N-dealkylation sites (N-methyl/N-ethyl adjacent to an activating group) is 1. The fraction of sp³-hybridized carbons (Fsp3) is 0.615. The first-order valence-corrected chi connectivity index (χ1v) is 6.97. The minimum Gasteiger partial charge on any atom is -0.380 e. The van der Waals surface area contributed by atoms with Crippen molar-refractivity contribution in [3.63, 3.8) is 0 Å². The smallest absolute Gasteiger partial charge is 0.172 e. The highest BCUT2D eigenvalue weighted by molar-refractivity contribution is 7.80. The molecule has 7 heteroatoms. The van der Waals surface area contributed by atoms with Crippen LogP contribution in [0.4, 0.5) is 0 Å². The third-order valence-corrected chi connectivity index (χ3v) is 4.02. The maximum atomic E-state index is 5.80. The molecule has 0 spiro atoms. The zero-order chi connectivity index (χ0) is 14.4. The number of rotatable bonds is 5. The van der Waals surface area contributed by atoms with Crippen LogP contribution in [-0.2, 0) is 15.1 Å². The molecule has 0 aliphatic carbocycles. The summed E-state index contributed by atoms with van der Waals surface area (Å²) in [5, 5.41) is 3.03. The molecule has 110 valence electrons. The quantitative estimate of drug-likeness (QED) is 0.779. The van der Waals surface area contributed by atoms with Crippen molar-refractivity contribution in [2.75, 3.05) is 47.0 Å². The Morgan fingerprint density at radius 1 is 1.55 bits per heavy atom. The highest BCUT2D eigenvalue weighted by atomic mass is 32.1. The van der Waals surface area contributed by atoms with Crippen molar-refractivity contribution in [3.8, 4) is 0 Å². The van der Waals surface area contributed by atoms with Crippen LogP contribution in [0.5, 0.6) is 0 Å². The normalized spacial score (nSPS) is 19.3. The van der Waals surface area contributed by atoms with Gasteiger partial charge in [0, 0.05) is 40.0 Å². The van der Waals surface area contributed by atoms with E-state index < -0.39 is 5.60 Å². The molecule has 1 N–H and O–H groups in total. The van der Waals surface area contributed by atoms with Gasteiger partial charge < -0.3 is 14.8 Å². The SMILES string of the molecule is CNC(=S)C(CN1CCOCC1)(OC)c1ccncn1. The molecule has 1 aromatic rings. The van der Waals surface area contributed by atoms with Crippen molar-refractivity contribution >= 4 is 17.2 Å². The molecule has 1 fully saturated rings. The Labute approximate surface area is 124 Å². The van der Waals surface area contributed by atoms with Crippen molar-refractivity contribution in [3.05, 3.63) is 24.3 Å². The molecule has 20 heavy (non-hydrogen) atoms. The summed E-state index contributed by atoms with van der Waals surface area (Å²) in [6.07, 6.45) is 3.22. The van der Waals surface area contributed by atoms with Crippen molar-refractivity contribution in [1.29, 1.82) is 0 Å². The topological polar surface area (TPSA) is 59.5 Å². The van der Waals surface area contributed by atoms with E-state index in [2.05, 4.69) is 20.2 Å². The van der Waals surface area contributed by atoms with E-state index >= 15 is 0 Å². The van der Waals surface area contributed by atoms with Gasteiger partial charge in [-0.3, -0.25) is 4.90 Å². The Morgan fingerprint density at radius 2 is 2.30 bits per heavy atom. The lowest BCUT2D eigenvalue weighted by molar-refractivity contribution is -0.0253. The van der Waals surface area contributed by atoms with E-state index in [1.807, 2.05) is 6.07 Å². The predicted octanol–water partition coefficient (Wildman–Crippen LogP) is 0.197. The Morgan fingerprint density at radius 3 is 2.85 bits per heavy atom. The largest absolute Gasteiger partial charge is 0.380 e. The van der Waals surface area contributed by atoms with Crippen LogP contribution in [0.15, 0.2) is 18.6 Å². The van der Waals surface area contributed by atoms with Gasteiger partial charge >= 0.3 is 0 Å². The lowest BCUT2D eigenvalue weighted by atomic mass is 9.97. The van der Waals surface area contributed by atoms with E-state index in [1.165, 1.54) is 6.33 Å². The van der Waals surface area contributed by atoms with E-state index in [9.17, 15) is 0 Å². The first kappa shape index (κ1) is 15.2. The summed E-state index contributed by atoms with van der Waals surface area (Å²) in [6.45, 7) is 3.83. The Kier molecular flexibility index (Phi) is 5.36. The Bertz CT molecular complexity index is 439. The van der Waals surface area contributed by atoms with Crippen LogP contribution < -0.4 is 5.32 Å². The van der Waals surface area contributed by atoms with Gasteiger partial charge in [-0.25, -0.2) is 9.97 Å². The van der Waals surface area contributed by atoms with Gasteiger partial charge in [0.15, 0.2) is 5.60 Å². The molecule has 1 aliphatic heterocycles. The zero-order valence-corrected chi connectivity index (χ0v) is 12.7. The number of hydrogen-bond donors (Lipinski definition) is 1. The molecule has 0 radical (unpaired) electrons. The van der Waals surface area contributed by atoms with Gasteiger partial charge in [0.2, 0.25) is 0 Å². The third-order valence-electron chi connectivity index (χ3n) is 3.49. The number of hydrogen-bond acceptors (Lipinski definition) is 6. The summed E-state index contributed by atoms with van der Waals surface area (Å²) in [6, 6.07) is 1.84. The number of thiocarbonyl (C=S) groups is 1. The molecule has 6 nitrogen and oxygen atoms in total. The molecule has 0 bridgehead atoms. The molecular weight excluding hydrogens is 276 g/mol. The summed E-state index contributed by atoms with van der Waals surface area (Å²) in [7, 11) is 3.46. The van der Waals surface area contributed by atoms with Crippen LogP contribution in [0.2, 0.25) is 0 Å². The highest BCUT2D eigenvalue weighted by Crippen LogP contribution is 2.26. The minimum atomic E-state index is -0.760. The van der Waals surface area contributed by atoms with Crippen molar-refractivity contribution in [2.45, 2.75) is 5.60 Å². The number of ether oxygens (including phenoxy) is 2. The van der Waals surface area contributed by atoms with E-state index in [0.717, 1.165) is 32.0 Å². The van der Waals surface area contributed by atoms with Gasteiger partial charge in [-0.2, -0.15) is 0 Å². The van der Waals surface area contributed by atoms with Crippen molar-refractivity contribution in [2.24, 2.45) is 0 Å². The molecular formula is C13H20N4O2S. The second-order valence-corrected chi connectivity index (χ2v) is 5.00. The summed E-state index contributed by atoms with van der Waals surface area (Å²) in [5.41, 5.74) is 0.00511. The standard InChI is InChI=1S/C13H20N4O2S/c1-14-12(20)13(18-2,11-3-4-15-10-16-11)9-17-5-7-19-8-6-17/h3-4,10H,5-9H2,1-2H3,(H,14,20). The fourth-order valence-electron chi connectivity index (χ4n) is 2.34. The molecule has 2 heterocycles. The van der Waals surface area contributed by atoms with Crippen LogP contribution in [-0.4, -0.2) is 66.9 Å². The first-order chi connectivity index (χ1) is 9.73. The molecule has 1 aliphatic rings. The van der Waals surface area contributed by atoms with Crippen LogP contribution in [0.3, 0.4) is 0 Å². The molecule has 2 rings (SSSR count). The molecule has 1 aromatic heterocycles. The number of morpholine rings is 1. The van der Waals surface area contributed by atoms with Crippen LogP contribution in [0, 0.1) is 0 Å². The number of nitrogens with one attached hydrogen (secondary N) is 1. The maximum absolute atomic E-state index is 5.80. The number of nitrogens with zero attached hydrogens (tertiary/aromatic N) is 3. The number of methoxy groups -OCH3 is 1. The second-order valence-electron chi connectivity index (χ2n) is 4.59. The van der Waals surface area contributed by atoms with E-state index in [0.29, 0.717) is 11.5 Å².